The van der Waals surface area contributed by atoms with Gasteiger partial charge < -0.3 is 14.6 Å². The third-order valence-corrected chi connectivity index (χ3v) is 8.19. The van der Waals surface area contributed by atoms with Crippen LogP contribution in [0.1, 0.15) is 182 Å². The maximum Gasteiger partial charge on any atom is 0.101 e. The van der Waals surface area contributed by atoms with E-state index in [2.05, 4.69) is 27.7 Å². The molecule has 0 amide bonds. The Kier molecular flexibility index (Phi) is 31.3. The monoisotopic (exact) mass is 541 g/mol. The molecule has 0 saturated carbocycles. The zero-order chi connectivity index (χ0) is 27.9. The lowest BCUT2D eigenvalue weighted by atomic mass is 9.95. The maximum atomic E-state index is 10.5. The molecule has 0 aliphatic rings. The van der Waals surface area contributed by atoms with Crippen LogP contribution in [0.15, 0.2) is 0 Å². The van der Waals surface area contributed by atoms with Crippen molar-refractivity contribution in [1.29, 1.82) is 0 Å². The molecule has 0 heterocycles. The molecule has 0 rings (SSSR count). The standard InChI is InChI=1S/C35H72O3/c1-5-9-13-17-19-23-27-33(25-21-15-11-7-3)29-37-31-35(36)32-38-30-34(26-22-16-12-8-4)28-24-20-18-14-10-6-2/h33-36H,5-32H2,1-4H3. The Bertz CT molecular complexity index is 389. The highest BCUT2D eigenvalue weighted by molar-refractivity contribution is 4.64. The molecule has 2 unspecified atom stereocenters. The van der Waals surface area contributed by atoms with Gasteiger partial charge >= 0.3 is 0 Å². The molecule has 38 heavy (non-hydrogen) atoms. The van der Waals surface area contributed by atoms with Crippen LogP contribution < -0.4 is 0 Å². The van der Waals surface area contributed by atoms with Gasteiger partial charge in [-0.2, -0.15) is 0 Å². The van der Waals surface area contributed by atoms with Gasteiger partial charge in [0, 0.05) is 13.2 Å². The van der Waals surface area contributed by atoms with E-state index in [-0.39, 0.29) is 0 Å². The molecule has 3 nitrogen and oxygen atoms in total. The van der Waals surface area contributed by atoms with Gasteiger partial charge in [-0.25, -0.2) is 0 Å². The molecule has 2 atom stereocenters. The highest BCUT2D eigenvalue weighted by Gasteiger charge is 2.13. The third-order valence-electron chi connectivity index (χ3n) is 8.19. The fourth-order valence-corrected chi connectivity index (χ4v) is 5.56. The van der Waals surface area contributed by atoms with Crippen LogP contribution in [-0.4, -0.2) is 37.6 Å². The maximum absolute atomic E-state index is 10.5. The molecule has 0 saturated heterocycles. The summed E-state index contributed by atoms with van der Waals surface area (Å²) in [5.74, 6) is 1.30. The lowest BCUT2D eigenvalue weighted by Crippen LogP contribution is -2.25. The second-order valence-corrected chi connectivity index (χ2v) is 12.3. The van der Waals surface area contributed by atoms with Crippen molar-refractivity contribution >= 4 is 0 Å². The van der Waals surface area contributed by atoms with Crippen molar-refractivity contribution in [2.75, 3.05) is 26.4 Å². The molecule has 1 N–H and O–H groups in total. The quantitative estimate of drug-likeness (QED) is 0.0862. The molecule has 0 aliphatic carbocycles. The molecular weight excluding hydrogens is 468 g/mol. The number of aliphatic hydroxyl groups excluding tert-OH is 1. The molecule has 0 fully saturated rings. The Morgan fingerprint density at radius 2 is 0.632 bits per heavy atom. The van der Waals surface area contributed by atoms with Crippen molar-refractivity contribution < 1.29 is 14.6 Å². The van der Waals surface area contributed by atoms with Gasteiger partial charge in [0.1, 0.15) is 6.10 Å². The van der Waals surface area contributed by atoms with Crippen LogP contribution in [0, 0.1) is 11.8 Å². The first-order chi connectivity index (χ1) is 18.7. The first-order valence-electron chi connectivity index (χ1n) is 17.5. The number of rotatable bonds is 32. The van der Waals surface area contributed by atoms with Gasteiger partial charge in [0.05, 0.1) is 13.2 Å². The number of hydrogen-bond donors (Lipinski definition) is 1. The minimum Gasteiger partial charge on any atom is -0.388 e. The molecule has 0 aromatic carbocycles. The van der Waals surface area contributed by atoms with E-state index >= 15 is 0 Å². The van der Waals surface area contributed by atoms with Gasteiger partial charge in [0.15, 0.2) is 0 Å². The molecule has 0 bridgehead atoms. The zero-order valence-corrected chi connectivity index (χ0v) is 26.8. The molecule has 0 aromatic rings. The van der Waals surface area contributed by atoms with Crippen LogP contribution in [-0.2, 0) is 9.47 Å². The van der Waals surface area contributed by atoms with E-state index in [9.17, 15) is 5.11 Å². The summed E-state index contributed by atoms with van der Waals surface area (Å²) in [6.07, 6.45) is 31.5. The summed E-state index contributed by atoms with van der Waals surface area (Å²) < 4.78 is 12.1. The first kappa shape index (κ1) is 37.9. The van der Waals surface area contributed by atoms with Gasteiger partial charge in [-0.1, -0.05) is 156 Å². The van der Waals surface area contributed by atoms with Gasteiger partial charge in [-0.3, -0.25) is 0 Å². The van der Waals surface area contributed by atoms with E-state index in [1.54, 1.807) is 0 Å². The van der Waals surface area contributed by atoms with E-state index in [0.717, 1.165) is 13.2 Å². The van der Waals surface area contributed by atoms with E-state index in [1.165, 1.54) is 154 Å². The number of ether oxygens (including phenoxy) is 2. The van der Waals surface area contributed by atoms with Crippen molar-refractivity contribution in [1.82, 2.24) is 0 Å². The molecule has 0 radical (unpaired) electrons. The summed E-state index contributed by atoms with van der Waals surface area (Å²) in [5.41, 5.74) is 0. The normalized spacial score (nSPS) is 14.1. The number of aliphatic hydroxyl groups is 1. The Hall–Kier alpha value is -0.120. The average Bonchev–Trinajstić information content (AvgIpc) is 2.92. The fraction of sp³-hybridized carbons (Fsp3) is 1.00. The predicted molar refractivity (Wildman–Crippen MR) is 168 cm³/mol. The molecule has 230 valence electrons. The predicted octanol–water partition coefficient (Wildman–Crippen LogP) is 11.1. The minimum absolute atomic E-state index is 0.417. The molecule has 0 aliphatic heterocycles. The van der Waals surface area contributed by atoms with E-state index in [4.69, 9.17) is 9.47 Å². The third kappa shape index (κ3) is 27.4. The summed E-state index contributed by atoms with van der Waals surface area (Å²) in [6.45, 7) is 11.6. The van der Waals surface area contributed by atoms with Crippen LogP contribution in [0.4, 0.5) is 0 Å². The Labute approximate surface area is 240 Å². The van der Waals surface area contributed by atoms with Crippen LogP contribution in [0.5, 0.6) is 0 Å². The van der Waals surface area contributed by atoms with Crippen molar-refractivity contribution in [2.45, 2.75) is 188 Å². The van der Waals surface area contributed by atoms with Crippen molar-refractivity contribution in [2.24, 2.45) is 11.8 Å². The summed E-state index contributed by atoms with van der Waals surface area (Å²) in [7, 11) is 0. The Balaban J connectivity index is 4.23. The number of unbranched alkanes of at least 4 members (excludes halogenated alkanes) is 16. The van der Waals surface area contributed by atoms with Crippen LogP contribution in [0.25, 0.3) is 0 Å². The smallest absolute Gasteiger partial charge is 0.101 e. The molecular formula is C35H72O3. The van der Waals surface area contributed by atoms with Gasteiger partial charge in [0.25, 0.3) is 0 Å². The summed E-state index contributed by atoms with van der Waals surface area (Å²) in [6, 6.07) is 0. The fourth-order valence-electron chi connectivity index (χ4n) is 5.56. The second kappa shape index (κ2) is 31.4. The van der Waals surface area contributed by atoms with Crippen molar-refractivity contribution in [3.63, 3.8) is 0 Å². The second-order valence-electron chi connectivity index (χ2n) is 12.3. The van der Waals surface area contributed by atoms with Gasteiger partial charge in [-0.05, 0) is 37.5 Å². The topological polar surface area (TPSA) is 38.7 Å². The Morgan fingerprint density at radius 1 is 0.368 bits per heavy atom. The van der Waals surface area contributed by atoms with Gasteiger partial charge in [-0.15, -0.1) is 0 Å². The lowest BCUT2D eigenvalue weighted by Gasteiger charge is -2.20. The lowest BCUT2D eigenvalue weighted by molar-refractivity contribution is -0.0349. The first-order valence-corrected chi connectivity index (χ1v) is 17.5. The number of hydrogen-bond acceptors (Lipinski definition) is 3. The summed E-state index contributed by atoms with van der Waals surface area (Å²) >= 11 is 0. The summed E-state index contributed by atoms with van der Waals surface area (Å²) in [4.78, 5) is 0. The van der Waals surface area contributed by atoms with E-state index < -0.39 is 6.10 Å². The summed E-state index contributed by atoms with van der Waals surface area (Å²) in [5, 5.41) is 10.5. The van der Waals surface area contributed by atoms with Crippen molar-refractivity contribution in [3.05, 3.63) is 0 Å². The van der Waals surface area contributed by atoms with Crippen LogP contribution in [0.3, 0.4) is 0 Å². The Morgan fingerprint density at radius 3 is 0.947 bits per heavy atom. The van der Waals surface area contributed by atoms with Crippen molar-refractivity contribution in [3.8, 4) is 0 Å². The van der Waals surface area contributed by atoms with Crippen LogP contribution in [0.2, 0.25) is 0 Å². The van der Waals surface area contributed by atoms with Crippen LogP contribution >= 0.6 is 0 Å². The minimum atomic E-state index is -0.500. The molecule has 0 spiro atoms. The van der Waals surface area contributed by atoms with E-state index in [1.807, 2.05) is 0 Å². The largest absolute Gasteiger partial charge is 0.388 e. The zero-order valence-electron chi connectivity index (χ0n) is 26.8. The van der Waals surface area contributed by atoms with E-state index in [0.29, 0.717) is 25.0 Å². The average molecular weight is 541 g/mol. The SMILES string of the molecule is CCCCCCCCC(CCCCCC)COCC(O)COCC(CCCCCC)CCCCCCCC. The molecule has 0 aromatic heterocycles. The molecule has 3 heteroatoms. The highest BCUT2D eigenvalue weighted by Crippen LogP contribution is 2.21. The van der Waals surface area contributed by atoms with Gasteiger partial charge in [0.2, 0.25) is 0 Å². The highest BCUT2D eigenvalue weighted by atomic mass is 16.5.